The van der Waals surface area contributed by atoms with E-state index >= 15 is 0 Å². The van der Waals surface area contributed by atoms with E-state index in [0.29, 0.717) is 27.8 Å². The van der Waals surface area contributed by atoms with Gasteiger partial charge in [-0.05, 0) is 49.2 Å². The summed E-state index contributed by atoms with van der Waals surface area (Å²) in [6.45, 7) is 3.81. The van der Waals surface area contributed by atoms with Gasteiger partial charge in [-0.25, -0.2) is 9.50 Å². The van der Waals surface area contributed by atoms with Gasteiger partial charge in [0.25, 0.3) is 17.4 Å². The van der Waals surface area contributed by atoms with Crippen LogP contribution in [0.4, 0.5) is 5.69 Å². The van der Waals surface area contributed by atoms with Crippen molar-refractivity contribution in [3.8, 4) is 0 Å². The predicted molar refractivity (Wildman–Crippen MR) is 127 cm³/mol. The lowest BCUT2D eigenvalue weighted by atomic mass is 10.1. The number of carbonyl (C=O) groups is 1. The lowest BCUT2D eigenvalue weighted by molar-refractivity contribution is -0.384. The Morgan fingerprint density at radius 2 is 1.91 bits per heavy atom. The van der Waals surface area contributed by atoms with E-state index in [1.165, 1.54) is 36.0 Å². The number of aliphatic hydroxyl groups excluding tert-OH is 1. The van der Waals surface area contributed by atoms with Gasteiger partial charge >= 0.3 is 0 Å². The fourth-order valence-electron chi connectivity index (χ4n) is 3.44. The Hall–Kier alpha value is -3.83. The molecule has 2 heterocycles. The largest absolute Gasteiger partial charge is 0.387 e. The monoisotopic (exact) mass is 478 g/mol. The van der Waals surface area contributed by atoms with Gasteiger partial charge in [-0.2, -0.15) is 4.98 Å². The van der Waals surface area contributed by atoms with Crippen molar-refractivity contribution in [2.75, 3.05) is 6.54 Å². The molecule has 2 aromatic carbocycles. The van der Waals surface area contributed by atoms with Crippen LogP contribution in [0.15, 0.2) is 59.8 Å². The van der Waals surface area contributed by atoms with Crippen molar-refractivity contribution in [1.29, 1.82) is 0 Å². The summed E-state index contributed by atoms with van der Waals surface area (Å²) in [6, 6.07) is 14.7. The molecular formula is C23H22N6O4S. The average Bonchev–Trinajstić information content (AvgIpc) is 3.24. The number of nitrogens with one attached hydrogen (secondary N) is 1. The number of nitro groups is 1. The molecule has 2 aromatic heterocycles. The summed E-state index contributed by atoms with van der Waals surface area (Å²) >= 11 is 1.40. The van der Waals surface area contributed by atoms with Crippen molar-refractivity contribution in [2.45, 2.75) is 30.9 Å². The van der Waals surface area contributed by atoms with Crippen molar-refractivity contribution >= 4 is 29.1 Å². The molecule has 0 radical (unpaired) electrons. The molecule has 174 valence electrons. The summed E-state index contributed by atoms with van der Waals surface area (Å²) in [5.41, 5.74) is 3.51. The lowest BCUT2D eigenvalue weighted by Crippen LogP contribution is -2.29. The molecule has 4 aromatic rings. The molecule has 0 aliphatic heterocycles. The molecule has 10 nitrogen and oxygen atoms in total. The predicted octanol–water partition coefficient (Wildman–Crippen LogP) is 3.41. The molecule has 1 amide bonds. The SMILES string of the molecule is Cc1cc(C)n2nc(SCc3ccccc3C(=O)NC[C@H](O)c3ccc([N+](=O)[O-])cc3)nc2n1. The number of amides is 1. The van der Waals surface area contributed by atoms with Gasteiger partial charge in [0, 0.05) is 41.4 Å². The maximum absolute atomic E-state index is 12.8. The third-order valence-corrected chi connectivity index (χ3v) is 6.05. The van der Waals surface area contributed by atoms with E-state index in [1.54, 1.807) is 16.6 Å². The molecule has 2 N–H and O–H groups in total. The van der Waals surface area contributed by atoms with Gasteiger partial charge in [-0.3, -0.25) is 14.9 Å². The molecule has 0 unspecified atom stereocenters. The molecule has 0 saturated heterocycles. The van der Waals surface area contributed by atoms with Gasteiger partial charge in [-0.15, -0.1) is 5.10 Å². The first kappa shape index (κ1) is 23.3. The molecule has 0 spiro atoms. The van der Waals surface area contributed by atoms with Crippen molar-refractivity contribution in [1.82, 2.24) is 24.9 Å². The Morgan fingerprint density at radius 3 is 2.65 bits per heavy atom. The number of nitro benzene ring substituents is 1. The zero-order valence-corrected chi connectivity index (χ0v) is 19.3. The van der Waals surface area contributed by atoms with E-state index in [9.17, 15) is 20.0 Å². The summed E-state index contributed by atoms with van der Waals surface area (Å²) in [6.07, 6.45) is -0.993. The van der Waals surface area contributed by atoms with Gasteiger partial charge in [0.05, 0.1) is 11.0 Å². The second-order valence-electron chi connectivity index (χ2n) is 7.67. The van der Waals surface area contributed by atoms with Crippen LogP contribution >= 0.6 is 11.8 Å². The van der Waals surface area contributed by atoms with E-state index in [1.807, 2.05) is 32.0 Å². The van der Waals surface area contributed by atoms with Crippen molar-refractivity contribution in [3.63, 3.8) is 0 Å². The summed E-state index contributed by atoms with van der Waals surface area (Å²) in [4.78, 5) is 31.9. The van der Waals surface area contributed by atoms with Gasteiger partial charge in [0.15, 0.2) is 0 Å². The Labute approximate surface area is 199 Å². The molecule has 0 aliphatic carbocycles. The molecule has 11 heteroatoms. The highest BCUT2D eigenvalue weighted by atomic mass is 32.2. The quantitative estimate of drug-likeness (QED) is 0.223. The number of benzene rings is 2. The van der Waals surface area contributed by atoms with E-state index in [-0.39, 0.29) is 18.1 Å². The number of hydrogen-bond acceptors (Lipinski definition) is 8. The molecule has 1 atom stereocenters. The number of fused-ring (bicyclic) bond motifs is 1. The number of carbonyl (C=O) groups excluding carboxylic acids is 1. The standard InChI is InChI=1S/C23H22N6O4S/c1-14-11-15(2)28-22(25-14)26-23(27-28)34-13-17-5-3-4-6-19(17)21(31)24-12-20(30)16-7-9-18(10-8-16)29(32)33/h3-11,20,30H,12-13H2,1-2H3,(H,24,31)/t20-/m0/s1. The minimum absolute atomic E-state index is 0.0313. The van der Waals surface area contributed by atoms with Crippen LogP contribution in [0.3, 0.4) is 0 Å². The highest BCUT2D eigenvalue weighted by Crippen LogP contribution is 2.23. The van der Waals surface area contributed by atoms with Gasteiger partial charge in [-0.1, -0.05) is 30.0 Å². The minimum atomic E-state index is -0.993. The molecule has 34 heavy (non-hydrogen) atoms. The van der Waals surface area contributed by atoms with Crippen LogP contribution in [-0.2, 0) is 5.75 Å². The first-order valence-electron chi connectivity index (χ1n) is 10.4. The summed E-state index contributed by atoms with van der Waals surface area (Å²) in [7, 11) is 0. The summed E-state index contributed by atoms with van der Waals surface area (Å²) < 4.78 is 1.69. The first-order valence-corrected chi connectivity index (χ1v) is 11.4. The van der Waals surface area contributed by atoms with Gasteiger partial charge < -0.3 is 10.4 Å². The average molecular weight is 479 g/mol. The topological polar surface area (TPSA) is 136 Å². The Bertz CT molecular complexity index is 1360. The summed E-state index contributed by atoms with van der Waals surface area (Å²) in [5.74, 6) is 0.683. The normalized spacial score (nSPS) is 12.0. The fourth-order valence-corrected chi connectivity index (χ4v) is 4.26. The lowest BCUT2D eigenvalue weighted by Gasteiger charge is -2.14. The molecule has 4 rings (SSSR count). The highest BCUT2D eigenvalue weighted by molar-refractivity contribution is 7.98. The Morgan fingerprint density at radius 1 is 1.18 bits per heavy atom. The minimum Gasteiger partial charge on any atom is -0.387 e. The van der Waals surface area contributed by atoms with E-state index in [4.69, 9.17) is 0 Å². The van der Waals surface area contributed by atoms with Crippen LogP contribution in [0.1, 0.15) is 39.0 Å². The van der Waals surface area contributed by atoms with Crippen LogP contribution in [-0.4, -0.2) is 42.1 Å². The number of thioether (sulfide) groups is 1. The third kappa shape index (κ3) is 5.21. The molecule has 0 saturated carbocycles. The van der Waals surface area contributed by atoms with Crippen molar-refractivity contribution in [3.05, 3.63) is 92.8 Å². The van der Waals surface area contributed by atoms with E-state index < -0.39 is 11.0 Å². The maximum atomic E-state index is 12.8. The second kappa shape index (κ2) is 9.98. The van der Waals surface area contributed by atoms with Crippen LogP contribution in [0, 0.1) is 24.0 Å². The van der Waals surface area contributed by atoms with E-state index in [0.717, 1.165) is 17.0 Å². The summed E-state index contributed by atoms with van der Waals surface area (Å²) in [5, 5.41) is 28.9. The first-order chi connectivity index (χ1) is 16.3. The second-order valence-corrected chi connectivity index (χ2v) is 8.61. The van der Waals surface area contributed by atoms with Crippen LogP contribution < -0.4 is 5.32 Å². The van der Waals surface area contributed by atoms with E-state index in [2.05, 4.69) is 20.4 Å². The molecule has 0 fully saturated rings. The number of hydrogen-bond donors (Lipinski definition) is 2. The third-order valence-electron chi connectivity index (χ3n) is 5.16. The van der Waals surface area contributed by atoms with Gasteiger partial charge in [0.1, 0.15) is 0 Å². The molecule has 0 bridgehead atoms. The van der Waals surface area contributed by atoms with Crippen LogP contribution in [0.2, 0.25) is 0 Å². The number of aliphatic hydroxyl groups is 1. The smallest absolute Gasteiger partial charge is 0.269 e. The number of nitrogens with zero attached hydrogens (tertiary/aromatic N) is 5. The number of non-ortho nitro benzene ring substituents is 1. The van der Waals surface area contributed by atoms with Crippen LogP contribution in [0.5, 0.6) is 0 Å². The van der Waals surface area contributed by atoms with Crippen molar-refractivity contribution < 1.29 is 14.8 Å². The maximum Gasteiger partial charge on any atom is 0.269 e. The number of rotatable bonds is 8. The molecule has 0 aliphatic rings. The van der Waals surface area contributed by atoms with Crippen molar-refractivity contribution in [2.24, 2.45) is 0 Å². The molecular weight excluding hydrogens is 456 g/mol. The highest BCUT2D eigenvalue weighted by Gasteiger charge is 2.16. The Balaban J connectivity index is 1.41. The zero-order valence-electron chi connectivity index (χ0n) is 18.5. The zero-order chi connectivity index (χ0) is 24.2. The van der Waals surface area contributed by atoms with Gasteiger partial charge in [0.2, 0.25) is 5.16 Å². The number of aryl methyl sites for hydroxylation is 2. The number of aromatic nitrogens is 4. The fraction of sp³-hybridized carbons (Fsp3) is 0.217. The van der Waals surface area contributed by atoms with Crippen LogP contribution in [0.25, 0.3) is 5.78 Å². The Kier molecular flexibility index (Phi) is 6.85.